The molecule has 7 nitrogen and oxygen atoms in total. The van der Waals surface area contributed by atoms with Crippen LogP contribution in [0.2, 0.25) is 10.0 Å². The van der Waals surface area contributed by atoms with E-state index in [0.717, 1.165) is 5.56 Å². The smallest absolute Gasteiger partial charge is 0.278 e. The maximum absolute atomic E-state index is 12.5. The zero-order valence-electron chi connectivity index (χ0n) is 15.2. The van der Waals surface area contributed by atoms with Crippen molar-refractivity contribution in [1.29, 1.82) is 0 Å². The van der Waals surface area contributed by atoms with E-state index in [0.29, 0.717) is 27.1 Å². The minimum Gasteiger partial charge on any atom is -0.324 e. The molecule has 0 radical (unpaired) electrons. The molecule has 0 unspecified atom stereocenters. The fraction of sp³-hybridized carbons (Fsp3) is 0.158. The number of hydrogen-bond acceptors (Lipinski definition) is 4. The Labute approximate surface area is 171 Å². The van der Waals surface area contributed by atoms with E-state index in [1.807, 2.05) is 6.92 Å². The largest absolute Gasteiger partial charge is 0.324 e. The first-order valence-corrected chi connectivity index (χ1v) is 9.13. The standard InChI is InChI=1S/C19H17Cl2N5O2/c1-11-13(20)7-5-9-15(11)22-17(27)10-26-12(2)18(24-25-26)19(28)23-16-8-4-3-6-14(16)21/h3-9H,10H2,1-2H3,(H,22,27)(H,23,28). The molecule has 9 heteroatoms. The van der Waals surface area contributed by atoms with E-state index in [9.17, 15) is 9.59 Å². The van der Waals surface area contributed by atoms with Crippen LogP contribution in [0.5, 0.6) is 0 Å². The van der Waals surface area contributed by atoms with Gasteiger partial charge in [-0.1, -0.05) is 46.6 Å². The van der Waals surface area contributed by atoms with Gasteiger partial charge in [0.1, 0.15) is 6.54 Å². The normalized spacial score (nSPS) is 10.6. The third kappa shape index (κ3) is 4.32. The van der Waals surface area contributed by atoms with E-state index < -0.39 is 5.91 Å². The van der Waals surface area contributed by atoms with Gasteiger partial charge >= 0.3 is 0 Å². The quantitative estimate of drug-likeness (QED) is 0.653. The van der Waals surface area contributed by atoms with Crippen molar-refractivity contribution in [3.05, 3.63) is 69.5 Å². The second-order valence-corrected chi connectivity index (χ2v) is 6.89. The molecule has 2 N–H and O–H groups in total. The third-order valence-electron chi connectivity index (χ3n) is 4.15. The second kappa shape index (κ2) is 8.41. The van der Waals surface area contributed by atoms with Crippen LogP contribution in [-0.2, 0) is 11.3 Å². The topological polar surface area (TPSA) is 88.9 Å². The van der Waals surface area contributed by atoms with Gasteiger partial charge in [0.15, 0.2) is 5.69 Å². The number of nitrogens with zero attached hydrogens (tertiary/aromatic N) is 3. The predicted octanol–water partition coefficient (Wildman–Crippen LogP) is 4.09. The molecule has 3 aromatic rings. The predicted molar refractivity (Wildman–Crippen MR) is 109 cm³/mol. The Bertz CT molecular complexity index is 1050. The van der Waals surface area contributed by atoms with Crippen molar-refractivity contribution in [3.8, 4) is 0 Å². The molecule has 0 fully saturated rings. The fourth-order valence-electron chi connectivity index (χ4n) is 2.53. The summed E-state index contributed by atoms with van der Waals surface area (Å²) in [5.41, 5.74) is 2.44. The number of benzene rings is 2. The van der Waals surface area contributed by atoms with Gasteiger partial charge in [0.25, 0.3) is 5.91 Å². The lowest BCUT2D eigenvalue weighted by molar-refractivity contribution is -0.117. The first-order chi connectivity index (χ1) is 13.4. The number of carbonyl (C=O) groups excluding carboxylic acids is 2. The van der Waals surface area contributed by atoms with Gasteiger partial charge in [0.2, 0.25) is 5.91 Å². The van der Waals surface area contributed by atoms with Crippen LogP contribution in [-0.4, -0.2) is 26.8 Å². The molecule has 0 aliphatic rings. The Kier molecular flexibility index (Phi) is 5.96. The molecular formula is C19H17Cl2N5O2. The van der Waals surface area contributed by atoms with Gasteiger partial charge in [-0.15, -0.1) is 5.10 Å². The van der Waals surface area contributed by atoms with Gasteiger partial charge in [-0.05, 0) is 43.7 Å². The molecule has 1 heterocycles. The number of nitrogens with one attached hydrogen (secondary N) is 2. The molecule has 0 aliphatic heterocycles. The Balaban J connectivity index is 1.70. The molecule has 0 saturated carbocycles. The van der Waals surface area contributed by atoms with Gasteiger partial charge < -0.3 is 10.6 Å². The summed E-state index contributed by atoms with van der Waals surface area (Å²) >= 11 is 12.1. The molecule has 0 bridgehead atoms. The molecule has 144 valence electrons. The van der Waals surface area contributed by atoms with Crippen LogP contribution in [0.15, 0.2) is 42.5 Å². The Morgan fingerprint density at radius 1 is 0.964 bits per heavy atom. The first-order valence-electron chi connectivity index (χ1n) is 8.37. The molecule has 0 saturated heterocycles. The number of anilines is 2. The number of amides is 2. The summed E-state index contributed by atoms with van der Waals surface area (Å²) in [5.74, 6) is -0.764. The van der Waals surface area contributed by atoms with Crippen molar-refractivity contribution >= 4 is 46.4 Å². The lowest BCUT2D eigenvalue weighted by atomic mass is 10.2. The highest BCUT2D eigenvalue weighted by Crippen LogP contribution is 2.23. The number of aromatic nitrogens is 3. The van der Waals surface area contributed by atoms with E-state index in [1.165, 1.54) is 4.68 Å². The van der Waals surface area contributed by atoms with Crippen molar-refractivity contribution in [2.75, 3.05) is 10.6 Å². The zero-order valence-corrected chi connectivity index (χ0v) is 16.7. The molecule has 0 spiro atoms. The minimum absolute atomic E-state index is 0.0931. The number of para-hydroxylation sites is 1. The van der Waals surface area contributed by atoms with Crippen LogP contribution in [0.3, 0.4) is 0 Å². The molecular weight excluding hydrogens is 401 g/mol. The summed E-state index contributed by atoms with van der Waals surface area (Å²) in [6.07, 6.45) is 0. The number of hydrogen-bond donors (Lipinski definition) is 2. The molecule has 28 heavy (non-hydrogen) atoms. The van der Waals surface area contributed by atoms with Crippen LogP contribution in [0.1, 0.15) is 21.7 Å². The molecule has 1 aromatic heterocycles. The summed E-state index contributed by atoms with van der Waals surface area (Å²) in [4.78, 5) is 24.8. The van der Waals surface area contributed by atoms with E-state index in [1.54, 1.807) is 49.4 Å². The first kappa shape index (κ1) is 19.9. The van der Waals surface area contributed by atoms with Crippen LogP contribution in [0.25, 0.3) is 0 Å². The minimum atomic E-state index is -0.456. The van der Waals surface area contributed by atoms with Crippen molar-refractivity contribution < 1.29 is 9.59 Å². The van der Waals surface area contributed by atoms with Gasteiger partial charge in [0, 0.05) is 10.7 Å². The average molecular weight is 418 g/mol. The number of carbonyl (C=O) groups is 2. The fourth-order valence-corrected chi connectivity index (χ4v) is 2.89. The highest BCUT2D eigenvalue weighted by molar-refractivity contribution is 6.34. The third-order valence-corrected chi connectivity index (χ3v) is 4.89. The maximum Gasteiger partial charge on any atom is 0.278 e. The monoisotopic (exact) mass is 417 g/mol. The van der Waals surface area contributed by atoms with Gasteiger partial charge in [0.05, 0.1) is 16.4 Å². The Morgan fingerprint density at radius 3 is 2.39 bits per heavy atom. The summed E-state index contributed by atoms with van der Waals surface area (Å²) in [5, 5.41) is 14.2. The highest BCUT2D eigenvalue weighted by atomic mass is 35.5. The van der Waals surface area contributed by atoms with Gasteiger partial charge in [-0.25, -0.2) is 4.68 Å². The Morgan fingerprint density at radius 2 is 1.64 bits per heavy atom. The van der Waals surface area contributed by atoms with Gasteiger partial charge in [-0.3, -0.25) is 9.59 Å². The molecule has 0 aliphatic carbocycles. The Hall–Kier alpha value is -2.90. The maximum atomic E-state index is 12.5. The summed E-state index contributed by atoms with van der Waals surface area (Å²) in [7, 11) is 0. The van der Waals surface area contributed by atoms with E-state index >= 15 is 0 Å². The van der Waals surface area contributed by atoms with Crippen LogP contribution >= 0.6 is 23.2 Å². The zero-order chi connectivity index (χ0) is 20.3. The average Bonchev–Trinajstić information content (AvgIpc) is 3.01. The van der Waals surface area contributed by atoms with Crippen molar-refractivity contribution in [2.45, 2.75) is 20.4 Å². The number of rotatable bonds is 5. The SMILES string of the molecule is Cc1c(Cl)cccc1NC(=O)Cn1nnc(C(=O)Nc2ccccc2Cl)c1C. The molecule has 2 aromatic carbocycles. The number of halogens is 2. The summed E-state index contributed by atoms with van der Waals surface area (Å²) in [6, 6.07) is 12.1. The summed E-state index contributed by atoms with van der Waals surface area (Å²) < 4.78 is 1.36. The van der Waals surface area contributed by atoms with E-state index in [4.69, 9.17) is 23.2 Å². The van der Waals surface area contributed by atoms with Gasteiger partial charge in [-0.2, -0.15) is 0 Å². The van der Waals surface area contributed by atoms with Crippen molar-refractivity contribution in [1.82, 2.24) is 15.0 Å². The van der Waals surface area contributed by atoms with Crippen LogP contribution in [0, 0.1) is 13.8 Å². The van der Waals surface area contributed by atoms with Crippen LogP contribution in [0.4, 0.5) is 11.4 Å². The molecule has 2 amide bonds. The van der Waals surface area contributed by atoms with Crippen LogP contribution < -0.4 is 10.6 Å². The summed E-state index contributed by atoms with van der Waals surface area (Å²) in [6.45, 7) is 3.39. The second-order valence-electron chi connectivity index (χ2n) is 6.08. The molecule has 0 atom stereocenters. The van der Waals surface area contributed by atoms with Crippen molar-refractivity contribution in [2.24, 2.45) is 0 Å². The lowest BCUT2D eigenvalue weighted by Crippen LogP contribution is -2.21. The highest BCUT2D eigenvalue weighted by Gasteiger charge is 2.19. The van der Waals surface area contributed by atoms with Crippen molar-refractivity contribution in [3.63, 3.8) is 0 Å². The lowest BCUT2D eigenvalue weighted by Gasteiger charge is -2.10. The molecule has 3 rings (SSSR count). The van der Waals surface area contributed by atoms with E-state index in [-0.39, 0.29) is 18.1 Å². The van der Waals surface area contributed by atoms with E-state index in [2.05, 4.69) is 20.9 Å².